The van der Waals surface area contributed by atoms with Crippen LogP contribution >= 0.6 is 49.9 Å². The summed E-state index contributed by atoms with van der Waals surface area (Å²) in [5, 5.41) is 17.1. The third kappa shape index (κ3) is 25.6. The second-order valence-electron chi connectivity index (χ2n) is 29.8. The molecule has 0 atom stereocenters. The number of carbonyl (C=O) groups is 3. The van der Waals surface area contributed by atoms with Crippen LogP contribution < -0.4 is 19.5 Å². The molecule has 108 heavy (non-hydrogen) atoms. The number of nitrogens with one attached hydrogen (secondary N) is 1. The summed E-state index contributed by atoms with van der Waals surface area (Å²) >= 11 is 8.36. The van der Waals surface area contributed by atoms with Gasteiger partial charge < -0.3 is 43.9 Å². The fraction of sp³-hybridized carbons (Fsp3) is 0.488. The van der Waals surface area contributed by atoms with Crippen molar-refractivity contribution in [3.63, 3.8) is 0 Å². The van der Waals surface area contributed by atoms with E-state index in [0.29, 0.717) is 57.1 Å². The van der Waals surface area contributed by atoms with Crippen LogP contribution in [0.4, 0.5) is 9.59 Å². The Bertz CT molecular complexity index is 4270. The number of ketones is 1. The first kappa shape index (κ1) is 86.2. The lowest BCUT2D eigenvalue weighted by Gasteiger charge is -2.38. The highest BCUT2D eigenvalue weighted by Gasteiger charge is 2.38. The van der Waals surface area contributed by atoms with Crippen molar-refractivity contribution >= 4 is 104 Å². The number of ether oxygens (including phenoxy) is 5. The van der Waals surface area contributed by atoms with Crippen LogP contribution in [0, 0.1) is 0 Å². The highest BCUT2D eigenvalue weighted by Crippen LogP contribution is 2.39. The minimum absolute atomic E-state index is 0. The van der Waals surface area contributed by atoms with Gasteiger partial charge in [0.05, 0.1) is 36.3 Å². The molecule has 9 heterocycles. The van der Waals surface area contributed by atoms with Crippen molar-refractivity contribution in [1.29, 1.82) is 0 Å². The van der Waals surface area contributed by atoms with Crippen LogP contribution in [0.1, 0.15) is 170 Å². The van der Waals surface area contributed by atoms with Gasteiger partial charge in [-0.2, -0.15) is 0 Å². The van der Waals surface area contributed by atoms with Gasteiger partial charge in [-0.05, 0) is 182 Å². The quantitative estimate of drug-likeness (QED) is 0.105. The number of thiazole rings is 3. The molecule has 6 aliphatic heterocycles. The van der Waals surface area contributed by atoms with Gasteiger partial charge in [-0.1, -0.05) is 189 Å². The van der Waals surface area contributed by atoms with E-state index in [4.69, 9.17) is 33.7 Å². The molecular weight excluding hydrogens is 1480 g/mol. The Kier molecular flexibility index (Phi) is 32.4. The van der Waals surface area contributed by atoms with E-state index in [9.17, 15) is 19.5 Å². The molecule has 0 bridgehead atoms. The van der Waals surface area contributed by atoms with Crippen LogP contribution in [0.15, 0.2) is 156 Å². The van der Waals surface area contributed by atoms with Crippen LogP contribution in [0.5, 0.6) is 15.6 Å². The summed E-state index contributed by atoms with van der Waals surface area (Å²) in [6.45, 7) is 24.4. The second-order valence-corrected chi connectivity index (χ2v) is 33.7. The van der Waals surface area contributed by atoms with E-state index in [-0.39, 0.29) is 66.0 Å². The number of Topliss-reactive ketones (excluding diaryl/α,β-unsaturated/α-hetero) is 1. The minimum atomic E-state index is -0.969. The summed E-state index contributed by atoms with van der Waals surface area (Å²) in [5.74, 6) is 0.227. The monoisotopic (exact) mass is 1590 g/mol. The van der Waals surface area contributed by atoms with Crippen molar-refractivity contribution < 1.29 is 43.2 Å². The van der Waals surface area contributed by atoms with Crippen LogP contribution in [-0.4, -0.2) is 171 Å². The molecule has 5 saturated heterocycles. The fourth-order valence-corrected chi connectivity index (χ4v) is 16.9. The highest BCUT2D eigenvalue weighted by atomic mass is 79.9. The Hall–Kier alpha value is -7.38. The molecule has 9 aromatic rings. The van der Waals surface area contributed by atoms with E-state index in [1.54, 1.807) is 43.8 Å². The molecule has 3 aromatic heterocycles. The molecular formula is C86H116BrN9O9S3. The Morgan fingerprint density at radius 3 is 1.28 bits per heavy atom. The van der Waals surface area contributed by atoms with Gasteiger partial charge in [0, 0.05) is 109 Å². The zero-order chi connectivity index (χ0) is 72.6. The van der Waals surface area contributed by atoms with Crippen LogP contribution in [0.2, 0.25) is 0 Å². The number of rotatable bonds is 14. The van der Waals surface area contributed by atoms with Gasteiger partial charge in [-0.3, -0.25) is 19.5 Å². The lowest BCUT2D eigenvalue weighted by atomic mass is 9.84. The number of likely N-dealkylation sites (tertiary alicyclic amines) is 5. The standard InChI is InChI=1S/C29H37N3O4S.C24H27N3OS.C19H19BrN2OS.C10H17NO3.4CH4/c1-28(2,3)36-27(33)32-17-13-29(34,14-18-32)22-9-10-24-25(19-22)37-26(30-24)35-23-11-15-31(16-12-23)20-21-7-5-4-6-8-21;1-2-4-18(5-3-1)17-27-14-10-21(11-15-27)28-24-26-22-7-6-20(16-23(22)29-24)19-8-12-25-13-9-19;20-15-6-7-17-18(12-15)24-19(21-17)23-16-8-10-22(11-9-16)13-14-4-2-1-3-5-14;1-10(2,3)14-9(13)11-6-4-8(12)5-7-11;;;;/h4-10,19,23,34H,11-18,20H2,1-3H3;1-8,16,21,25H,9-15,17H2;1-7,12,16H,8-11,13H2;4-7H2,1-3H3;4*1H4. The molecule has 2 N–H and O–H groups in total. The SMILES string of the molecule is Brc1ccc2nc(OC3CCN(Cc4ccccc4)CC3)sc2c1.C.C.C.C.C1=C(c2ccc3nc(OC4CCN(Cc5ccccc5)CC4)sc3c2)CCNC1.CC(C)(C)OC(=O)N1CCC(=O)CC1.CC(C)(C)OC(=O)N1CCC(O)(c2ccc3nc(OC4CCN(Cc5ccccc5)CC4)sc3c2)CC1. The minimum Gasteiger partial charge on any atom is -0.467 e. The number of amides is 2. The number of hydrogen-bond acceptors (Lipinski definition) is 19. The topological polar surface area (TPSA) is 184 Å². The summed E-state index contributed by atoms with van der Waals surface area (Å²) < 4.78 is 33.9. The van der Waals surface area contributed by atoms with Crippen LogP contribution in [0.3, 0.4) is 0 Å². The maximum absolute atomic E-state index is 12.4. The fourth-order valence-electron chi connectivity index (χ4n) is 13.7. The molecule has 6 aromatic carbocycles. The second kappa shape index (κ2) is 40.5. The third-order valence-electron chi connectivity index (χ3n) is 19.4. The lowest BCUT2D eigenvalue weighted by molar-refractivity contribution is -0.121. The lowest BCUT2D eigenvalue weighted by Crippen LogP contribution is -2.46. The Labute approximate surface area is 662 Å². The molecule has 0 unspecified atom stereocenters. The third-order valence-corrected chi connectivity index (χ3v) is 22.6. The summed E-state index contributed by atoms with van der Waals surface area (Å²) in [4.78, 5) is 59.7. The molecule has 2 amide bonds. The van der Waals surface area contributed by atoms with Crippen LogP contribution in [0.25, 0.3) is 36.2 Å². The van der Waals surface area contributed by atoms with E-state index < -0.39 is 16.8 Å². The van der Waals surface area contributed by atoms with Crippen molar-refractivity contribution in [2.45, 2.75) is 197 Å². The van der Waals surface area contributed by atoms with Crippen molar-refractivity contribution in [3.8, 4) is 15.6 Å². The molecule has 0 aliphatic carbocycles. The van der Waals surface area contributed by atoms with Gasteiger partial charge >= 0.3 is 12.2 Å². The van der Waals surface area contributed by atoms with E-state index in [2.05, 4.69) is 162 Å². The number of aromatic nitrogens is 3. The average molecular weight is 1600 g/mol. The number of nitrogens with zero attached hydrogens (tertiary/aromatic N) is 8. The number of aliphatic hydroxyl groups is 1. The molecule has 0 spiro atoms. The Balaban J connectivity index is 0.000000187. The molecule has 22 heteroatoms. The summed E-state index contributed by atoms with van der Waals surface area (Å²) in [6, 6.07) is 50.7. The van der Waals surface area contributed by atoms with E-state index in [1.165, 1.54) is 37.2 Å². The van der Waals surface area contributed by atoms with Gasteiger partial charge in [0.25, 0.3) is 15.6 Å². The number of benzene rings is 6. The van der Waals surface area contributed by atoms with Crippen molar-refractivity contribution in [3.05, 3.63) is 184 Å². The largest absolute Gasteiger partial charge is 0.467 e. The van der Waals surface area contributed by atoms with Gasteiger partial charge in [0.2, 0.25) is 0 Å². The van der Waals surface area contributed by atoms with Crippen molar-refractivity contribution in [1.82, 2.24) is 44.8 Å². The summed E-state index contributed by atoms with van der Waals surface area (Å²) in [6.07, 6.45) is 11.6. The molecule has 6 aliphatic rings. The number of halogens is 1. The van der Waals surface area contributed by atoms with Crippen molar-refractivity contribution in [2.75, 3.05) is 78.5 Å². The predicted molar refractivity (Wildman–Crippen MR) is 448 cm³/mol. The average Bonchev–Trinajstić information content (AvgIpc) is 1.76. The summed E-state index contributed by atoms with van der Waals surface area (Å²) in [7, 11) is 0. The Morgan fingerprint density at radius 1 is 0.500 bits per heavy atom. The van der Waals surface area contributed by atoms with Gasteiger partial charge in [0.1, 0.15) is 35.3 Å². The maximum Gasteiger partial charge on any atom is 0.410 e. The van der Waals surface area contributed by atoms with E-state index >= 15 is 0 Å². The first-order valence-electron chi connectivity index (χ1n) is 36.9. The highest BCUT2D eigenvalue weighted by molar-refractivity contribution is 9.10. The molecule has 584 valence electrons. The van der Waals surface area contributed by atoms with Gasteiger partial charge in [-0.15, -0.1) is 0 Å². The number of hydrogen-bond donors (Lipinski definition) is 2. The van der Waals surface area contributed by atoms with E-state index in [0.717, 1.165) is 159 Å². The van der Waals surface area contributed by atoms with Crippen LogP contribution in [-0.2, 0) is 39.5 Å². The van der Waals surface area contributed by atoms with Gasteiger partial charge in [-0.25, -0.2) is 24.5 Å². The molecule has 15 rings (SSSR count). The normalized spacial score (nSPS) is 17.6. The number of fused-ring (bicyclic) bond motifs is 3. The molecule has 5 fully saturated rings. The first-order valence-corrected chi connectivity index (χ1v) is 40.2. The van der Waals surface area contributed by atoms with E-state index in [1.807, 2.05) is 71.9 Å². The Morgan fingerprint density at radius 2 is 0.880 bits per heavy atom. The zero-order valence-electron chi connectivity index (χ0n) is 60.9. The van der Waals surface area contributed by atoms with Gasteiger partial charge in [0.15, 0.2) is 0 Å². The zero-order valence-corrected chi connectivity index (χ0v) is 65.0. The molecule has 18 nitrogen and oxygen atoms in total. The smallest absolute Gasteiger partial charge is 0.410 e. The predicted octanol–water partition coefficient (Wildman–Crippen LogP) is 19.5. The molecule has 0 radical (unpaired) electrons. The molecule has 0 saturated carbocycles. The first-order chi connectivity index (χ1) is 50.1. The summed E-state index contributed by atoms with van der Waals surface area (Å²) in [5.41, 5.74) is 8.74. The number of carbonyl (C=O) groups excluding carboxylic acids is 3. The number of piperidine rings is 5. The van der Waals surface area contributed by atoms with Crippen molar-refractivity contribution in [2.24, 2.45) is 0 Å². The maximum atomic E-state index is 12.4.